The maximum atomic E-state index is 3.98. The molecule has 1 heterocycles. The molecule has 0 spiro atoms. The molecule has 0 saturated carbocycles. The molecule has 0 aliphatic carbocycles. The van der Waals surface area contributed by atoms with Crippen LogP contribution in [0.1, 0.15) is 12.7 Å². The highest BCUT2D eigenvalue weighted by atomic mass is 31.1. The third kappa shape index (κ3) is 4.91. The number of aryl methyl sites for hydroxylation is 1. The molecule has 0 amide bonds. The second kappa shape index (κ2) is 9.70. The summed E-state index contributed by atoms with van der Waals surface area (Å²) in [6, 6.07) is 32.3. The second-order valence-electron chi connectivity index (χ2n) is 5.73. The molecule has 0 saturated heterocycles. The Labute approximate surface area is 156 Å². The van der Waals surface area contributed by atoms with Gasteiger partial charge in [0.15, 0.2) is 0 Å². The average Bonchev–Trinajstić information content (AvgIpc) is 3.25. The van der Waals surface area contributed by atoms with Crippen molar-refractivity contribution in [2.45, 2.75) is 13.3 Å². The Morgan fingerprint density at radius 1 is 0.692 bits per heavy atom. The SMILES string of the molecule is CCc1ncc[nH]1.c1ccc(P(c2ccccc2)c2ccccc2)cc1. The topological polar surface area (TPSA) is 28.7 Å². The summed E-state index contributed by atoms with van der Waals surface area (Å²) in [4.78, 5) is 6.95. The molecule has 0 bridgehead atoms. The van der Waals surface area contributed by atoms with Crippen molar-refractivity contribution in [2.75, 3.05) is 0 Å². The van der Waals surface area contributed by atoms with Gasteiger partial charge in [-0.25, -0.2) is 4.98 Å². The number of rotatable bonds is 4. The maximum Gasteiger partial charge on any atom is 0.105 e. The molecule has 0 fully saturated rings. The van der Waals surface area contributed by atoms with Gasteiger partial charge in [0.25, 0.3) is 0 Å². The predicted octanol–water partition coefficient (Wildman–Crippen LogP) is 4.42. The molecule has 4 aromatic rings. The maximum absolute atomic E-state index is 3.98. The van der Waals surface area contributed by atoms with E-state index in [9.17, 15) is 0 Å². The van der Waals surface area contributed by atoms with Gasteiger partial charge >= 0.3 is 0 Å². The van der Waals surface area contributed by atoms with E-state index in [-0.39, 0.29) is 0 Å². The van der Waals surface area contributed by atoms with Crippen LogP contribution in [0.15, 0.2) is 103 Å². The predicted molar refractivity (Wildman–Crippen MR) is 113 cm³/mol. The zero-order valence-corrected chi connectivity index (χ0v) is 15.8. The molecule has 0 unspecified atom stereocenters. The summed E-state index contributed by atoms with van der Waals surface area (Å²) in [5.41, 5.74) is 0. The normalized spacial score (nSPS) is 10.2. The number of imidazole rings is 1. The summed E-state index contributed by atoms with van der Waals surface area (Å²) in [5, 5.41) is 4.19. The molecule has 3 heteroatoms. The molecule has 0 aliphatic rings. The number of nitrogens with one attached hydrogen (secondary N) is 1. The number of hydrogen-bond acceptors (Lipinski definition) is 1. The summed E-state index contributed by atoms with van der Waals surface area (Å²) in [6.45, 7) is 2.07. The van der Waals surface area contributed by atoms with Gasteiger partial charge in [0.1, 0.15) is 5.82 Å². The Bertz CT molecular complexity index is 766. The standard InChI is InChI=1S/C18H15P.C5H8N2/c1-4-10-16(11-5-1)19(17-12-6-2-7-13-17)18-14-8-3-9-15-18;1-2-5-6-3-4-7-5/h1-15H;3-4H,2H2,1H3,(H,6,7). The minimum Gasteiger partial charge on any atom is -0.349 e. The molecular formula is C23H23N2P. The number of aromatic amines is 1. The lowest BCUT2D eigenvalue weighted by atomic mass is 10.4. The molecule has 4 rings (SSSR count). The van der Waals surface area contributed by atoms with Crippen molar-refractivity contribution in [3.63, 3.8) is 0 Å². The van der Waals surface area contributed by atoms with Crippen LogP contribution >= 0.6 is 7.92 Å². The Morgan fingerprint density at radius 3 is 1.38 bits per heavy atom. The molecule has 0 radical (unpaired) electrons. The number of H-pyrrole nitrogens is 1. The molecule has 1 aromatic heterocycles. The fraction of sp³-hybridized carbons (Fsp3) is 0.0870. The van der Waals surface area contributed by atoms with E-state index in [2.05, 4.69) is 108 Å². The summed E-state index contributed by atoms with van der Waals surface area (Å²) >= 11 is 0. The third-order valence-electron chi connectivity index (χ3n) is 3.93. The van der Waals surface area contributed by atoms with Gasteiger partial charge in [-0.3, -0.25) is 0 Å². The lowest BCUT2D eigenvalue weighted by molar-refractivity contribution is 0.990. The van der Waals surface area contributed by atoms with E-state index in [4.69, 9.17) is 0 Å². The van der Waals surface area contributed by atoms with Crippen molar-refractivity contribution < 1.29 is 0 Å². The van der Waals surface area contributed by atoms with Crippen molar-refractivity contribution in [1.29, 1.82) is 0 Å². The Morgan fingerprint density at radius 2 is 1.12 bits per heavy atom. The smallest absolute Gasteiger partial charge is 0.105 e. The first kappa shape index (κ1) is 18.1. The number of hydrogen-bond donors (Lipinski definition) is 1. The quantitative estimate of drug-likeness (QED) is 0.538. The number of nitrogens with zero attached hydrogens (tertiary/aromatic N) is 1. The van der Waals surface area contributed by atoms with Crippen LogP contribution in [0.25, 0.3) is 0 Å². The Balaban J connectivity index is 0.000000236. The van der Waals surface area contributed by atoms with Gasteiger partial charge in [0.2, 0.25) is 0 Å². The first-order chi connectivity index (χ1) is 12.9. The zero-order valence-electron chi connectivity index (χ0n) is 14.9. The third-order valence-corrected chi connectivity index (χ3v) is 6.38. The van der Waals surface area contributed by atoms with E-state index in [1.807, 2.05) is 6.20 Å². The fourth-order valence-corrected chi connectivity index (χ4v) is 4.97. The van der Waals surface area contributed by atoms with Gasteiger partial charge in [-0.15, -0.1) is 0 Å². The van der Waals surface area contributed by atoms with Gasteiger partial charge < -0.3 is 4.98 Å². The molecule has 1 N–H and O–H groups in total. The summed E-state index contributed by atoms with van der Waals surface area (Å²) < 4.78 is 0. The second-order valence-corrected chi connectivity index (χ2v) is 7.95. The molecule has 130 valence electrons. The fourth-order valence-electron chi connectivity index (χ4n) is 2.67. The van der Waals surface area contributed by atoms with E-state index in [1.54, 1.807) is 6.20 Å². The van der Waals surface area contributed by atoms with Crippen molar-refractivity contribution in [2.24, 2.45) is 0 Å². The Kier molecular flexibility index (Phi) is 6.75. The van der Waals surface area contributed by atoms with Gasteiger partial charge in [-0.05, 0) is 23.8 Å². The minimum atomic E-state index is -0.446. The van der Waals surface area contributed by atoms with Gasteiger partial charge in [-0.2, -0.15) is 0 Å². The van der Waals surface area contributed by atoms with Crippen molar-refractivity contribution >= 4 is 23.8 Å². The Hall–Kier alpha value is -2.70. The number of benzene rings is 3. The monoisotopic (exact) mass is 358 g/mol. The molecule has 0 atom stereocenters. The first-order valence-electron chi connectivity index (χ1n) is 8.82. The van der Waals surface area contributed by atoms with E-state index in [0.717, 1.165) is 12.2 Å². The lowest BCUT2D eigenvalue weighted by Crippen LogP contribution is -2.20. The molecule has 2 nitrogen and oxygen atoms in total. The van der Waals surface area contributed by atoms with Gasteiger partial charge in [0.05, 0.1) is 0 Å². The summed E-state index contributed by atoms with van der Waals surface area (Å²) in [6.07, 6.45) is 4.59. The highest BCUT2D eigenvalue weighted by Gasteiger charge is 2.14. The van der Waals surface area contributed by atoms with E-state index in [1.165, 1.54) is 15.9 Å². The summed E-state index contributed by atoms with van der Waals surface area (Å²) in [7, 11) is -0.446. The van der Waals surface area contributed by atoms with Crippen LogP contribution in [0, 0.1) is 0 Å². The van der Waals surface area contributed by atoms with Crippen LogP contribution in [0.4, 0.5) is 0 Å². The minimum absolute atomic E-state index is 0.446. The molecule has 3 aromatic carbocycles. The van der Waals surface area contributed by atoms with Crippen LogP contribution in [-0.4, -0.2) is 9.97 Å². The van der Waals surface area contributed by atoms with Crippen LogP contribution < -0.4 is 15.9 Å². The number of aromatic nitrogens is 2. The van der Waals surface area contributed by atoms with Crippen LogP contribution in [0.2, 0.25) is 0 Å². The lowest BCUT2D eigenvalue weighted by Gasteiger charge is -2.18. The van der Waals surface area contributed by atoms with Gasteiger partial charge in [-0.1, -0.05) is 97.9 Å². The van der Waals surface area contributed by atoms with Crippen LogP contribution in [0.5, 0.6) is 0 Å². The van der Waals surface area contributed by atoms with Crippen LogP contribution in [0.3, 0.4) is 0 Å². The van der Waals surface area contributed by atoms with Crippen molar-refractivity contribution in [3.8, 4) is 0 Å². The van der Waals surface area contributed by atoms with E-state index < -0.39 is 7.92 Å². The zero-order chi connectivity index (χ0) is 18.0. The highest BCUT2D eigenvalue weighted by molar-refractivity contribution is 7.79. The van der Waals surface area contributed by atoms with Crippen molar-refractivity contribution in [3.05, 3.63) is 109 Å². The summed E-state index contributed by atoms with van der Waals surface area (Å²) in [5.74, 6) is 1.06. The van der Waals surface area contributed by atoms with Crippen molar-refractivity contribution in [1.82, 2.24) is 9.97 Å². The van der Waals surface area contributed by atoms with Crippen LogP contribution in [-0.2, 0) is 6.42 Å². The van der Waals surface area contributed by atoms with E-state index in [0.29, 0.717) is 0 Å². The van der Waals surface area contributed by atoms with E-state index >= 15 is 0 Å². The first-order valence-corrected chi connectivity index (χ1v) is 10.2. The largest absolute Gasteiger partial charge is 0.349 e. The molecule has 26 heavy (non-hydrogen) atoms. The molecular weight excluding hydrogens is 335 g/mol. The highest BCUT2D eigenvalue weighted by Crippen LogP contribution is 2.32. The molecule has 0 aliphatic heterocycles. The van der Waals surface area contributed by atoms with Gasteiger partial charge in [0, 0.05) is 18.8 Å². The average molecular weight is 358 g/mol.